The minimum absolute atomic E-state index is 0.0980. The monoisotopic (exact) mass is 333 g/mol. The highest BCUT2D eigenvalue weighted by atomic mass is 19.4. The summed E-state index contributed by atoms with van der Waals surface area (Å²) in [7, 11) is 0. The summed E-state index contributed by atoms with van der Waals surface area (Å²) in [6, 6.07) is 14.2. The lowest BCUT2D eigenvalue weighted by atomic mass is 10.1. The van der Waals surface area contributed by atoms with Crippen molar-refractivity contribution < 1.29 is 23.1 Å². The summed E-state index contributed by atoms with van der Waals surface area (Å²) in [5.41, 5.74) is 0.434. The van der Waals surface area contributed by atoms with Gasteiger partial charge >= 0.3 is 6.18 Å². The lowest BCUT2D eigenvalue weighted by molar-refractivity contribution is -0.165. The summed E-state index contributed by atoms with van der Waals surface area (Å²) in [6.07, 6.45) is -4.37. The number of aryl methyl sites for hydroxylation is 1. The standard InChI is InChI=1S/C18H14F3NO2/c1-12-6-5-9-14(10-12)22-11-15(17(24)18(19,20)21)16(23)13-7-3-2-4-8-13/h2-11,23H,1H3/b16-15+,22-11?. The number of benzene rings is 2. The van der Waals surface area contributed by atoms with E-state index >= 15 is 0 Å². The molecule has 3 nitrogen and oxygen atoms in total. The van der Waals surface area contributed by atoms with Crippen LogP contribution in [0.15, 0.2) is 65.2 Å². The van der Waals surface area contributed by atoms with Crippen LogP contribution in [0.5, 0.6) is 0 Å². The maximum atomic E-state index is 12.8. The number of nitrogens with zero attached hydrogens (tertiary/aromatic N) is 1. The van der Waals surface area contributed by atoms with Crippen molar-refractivity contribution in [2.45, 2.75) is 13.1 Å². The van der Waals surface area contributed by atoms with Crippen LogP contribution in [0.2, 0.25) is 0 Å². The Bertz CT molecular complexity index is 793. The third kappa shape index (κ3) is 4.32. The highest BCUT2D eigenvalue weighted by molar-refractivity contribution is 6.20. The first kappa shape index (κ1) is 17.5. The smallest absolute Gasteiger partial charge is 0.455 e. The van der Waals surface area contributed by atoms with Crippen molar-refractivity contribution in [1.82, 2.24) is 0 Å². The van der Waals surface area contributed by atoms with Crippen LogP contribution in [0.25, 0.3) is 5.76 Å². The molecule has 0 aliphatic rings. The average molecular weight is 333 g/mol. The predicted octanol–water partition coefficient (Wildman–Crippen LogP) is 4.80. The van der Waals surface area contributed by atoms with Crippen molar-refractivity contribution in [1.29, 1.82) is 0 Å². The molecule has 0 bridgehead atoms. The van der Waals surface area contributed by atoms with Gasteiger partial charge < -0.3 is 5.11 Å². The number of allylic oxidation sites excluding steroid dienone is 1. The molecule has 0 amide bonds. The summed E-state index contributed by atoms with van der Waals surface area (Å²) < 4.78 is 38.4. The minimum atomic E-state index is -5.11. The second kappa shape index (κ2) is 7.12. The fourth-order valence-corrected chi connectivity index (χ4v) is 1.98. The fourth-order valence-electron chi connectivity index (χ4n) is 1.98. The van der Waals surface area contributed by atoms with E-state index in [1.54, 1.807) is 49.4 Å². The Morgan fingerprint density at radius 2 is 1.75 bits per heavy atom. The molecule has 0 aromatic heterocycles. The summed E-state index contributed by atoms with van der Waals surface area (Å²) >= 11 is 0. The number of alkyl halides is 3. The number of rotatable bonds is 4. The number of carbonyl (C=O) groups is 1. The van der Waals surface area contributed by atoms with Gasteiger partial charge in [0.15, 0.2) is 0 Å². The Morgan fingerprint density at radius 3 is 2.33 bits per heavy atom. The quantitative estimate of drug-likeness (QED) is 0.496. The molecule has 0 fully saturated rings. The maximum absolute atomic E-state index is 12.8. The van der Waals surface area contributed by atoms with Crippen molar-refractivity contribution in [3.05, 3.63) is 71.3 Å². The minimum Gasteiger partial charge on any atom is -0.506 e. The van der Waals surface area contributed by atoms with Crippen LogP contribution in [0.4, 0.5) is 18.9 Å². The molecule has 0 radical (unpaired) electrons. The Kier molecular flexibility index (Phi) is 5.18. The first-order valence-electron chi connectivity index (χ1n) is 7.00. The zero-order chi connectivity index (χ0) is 17.7. The van der Waals surface area contributed by atoms with E-state index in [2.05, 4.69) is 4.99 Å². The normalized spacial score (nSPS) is 13.0. The molecule has 0 aliphatic heterocycles. The molecular weight excluding hydrogens is 319 g/mol. The summed E-state index contributed by atoms with van der Waals surface area (Å²) in [6.45, 7) is 1.80. The SMILES string of the molecule is Cc1cccc(N=C/C(C(=O)C(F)(F)F)=C(\O)c2ccccc2)c1. The molecule has 1 N–H and O–H groups in total. The van der Waals surface area contributed by atoms with Gasteiger partial charge in [0.05, 0.1) is 11.3 Å². The lowest BCUT2D eigenvalue weighted by Gasteiger charge is -2.09. The maximum Gasteiger partial charge on any atom is 0.455 e. The van der Waals surface area contributed by atoms with Gasteiger partial charge in [0.25, 0.3) is 5.78 Å². The van der Waals surface area contributed by atoms with Gasteiger partial charge in [-0.3, -0.25) is 9.79 Å². The average Bonchev–Trinajstić information content (AvgIpc) is 2.54. The third-order valence-corrected chi connectivity index (χ3v) is 3.15. The van der Waals surface area contributed by atoms with Crippen molar-refractivity contribution in [3.63, 3.8) is 0 Å². The molecule has 0 unspecified atom stereocenters. The van der Waals surface area contributed by atoms with Gasteiger partial charge in [0, 0.05) is 11.8 Å². The Hall–Kier alpha value is -2.89. The number of hydrogen-bond acceptors (Lipinski definition) is 3. The number of aliphatic imine (C=N–C) groups is 1. The number of ketones is 1. The zero-order valence-electron chi connectivity index (χ0n) is 12.7. The number of hydrogen-bond donors (Lipinski definition) is 1. The molecule has 2 aromatic carbocycles. The van der Waals surface area contributed by atoms with Crippen LogP contribution in [-0.4, -0.2) is 23.3 Å². The molecule has 0 spiro atoms. The summed E-state index contributed by atoms with van der Waals surface area (Å²) in [5.74, 6) is -2.92. The molecule has 124 valence electrons. The molecule has 6 heteroatoms. The topological polar surface area (TPSA) is 49.7 Å². The number of Topliss-reactive ketones (excluding diaryl/α,β-unsaturated/α-hetero) is 1. The molecule has 0 atom stereocenters. The van der Waals surface area contributed by atoms with E-state index in [1.807, 2.05) is 0 Å². The van der Waals surface area contributed by atoms with Crippen molar-refractivity contribution in [3.8, 4) is 0 Å². The first-order valence-corrected chi connectivity index (χ1v) is 7.00. The van der Waals surface area contributed by atoms with E-state index in [-0.39, 0.29) is 5.56 Å². The molecule has 0 aliphatic carbocycles. The fraction of sp³-hybridized carbons (Fsp3) is 0.111. The highest BCUT2D eigenvalue weighted by Crippen LogP contribution is 2.25. The van der Waals surface area contributed by atoms with Crippen LogP contribution < -0.4 is 0 Å². The first-order chi connectivity index (χ1) is 11.3. The van der Waals surface area contributed by atoms with E-state index < -0.39 is 23.3 Å². The van der Waals surface area contributed by atoms with Gasteiger partial charge in [-0.25, -0.2) is 0 Å². The molecule has 24 heavy (non-hydrogen) atoms. The second-order valence-corrected chi connectivity index (χ2v) is 5.05. The predicted molar refractivity (Wildman–Crippen MR) is 86.4 cm³/mol. The Labute approximate surface area is 136 Å². The van der Waals surface area contributed by atoms with E-state index in [9.17, 15) is 23.1 Å². The van der Waals surface area contributed by atoms with Crippen LogP contribution in [0.3, 0.4) is 0 Å². The van der Waals surface area contributed by atoms with Gasteiger partial charge in [-0.1, -0.05) is 42.5 Å². The second-order valence-electron chi connectivity index (χ2n) is 5.05. The van der Waals surface area contributed by atoms with Gasteiger partial charge in [0.2, 0.25) is 0 Å². The van der Waals surface area contributed by atoms with Crippen molar-refractivity contribution in [2.75, 3.05) is 0 Å². The van der Waals surface area contributed by atoms with E-state index in [0.29, 0.717) is 5.69 Å². The summed E-state index contributed by atoms with van der Waals surface area (Å²) in [4.78, 5) is 15.5. The highest BCUT2D eigenvalue weighted by Gasteiger charge is 2.41. The summed E-state index contributed by atoms with van der Waals surface area (Å²) in [5, 5.41) is 10.1. The van der Waals surface area contributed by atoms with Crippen LogP contribution in [0, 0.1) is 6.92 Å². The van der Waals surface area contributed by atoms with Gasteiger partial charge in [-0.15, -0.1) is 0 Å². The number of aliphatic hydroxyl groups excluding tert-OH is 1. The molecular formula is C18H14F3NO2. The molecule has 2 aromatic rings. The number of aliphatic hydroxyl groups is 1. The third-order valence-electron chi connectivity index (χ3n) is 3.15. The lowest BCUT2D eigenvalue weighted by Crippen LogP contribution is -2.26. The van der Waals surface area contributed by atoms with Gasteiger partial charge in [0.1, 0.15) is 5.76 Å². The number of halogens is 3. The van der Waals surface area contributed by atoms with Gasteiger partial charge in [-0.05, 0) is 24.6 Å². The number of carbonyl (C=O) groups excluding carboxylic acids is 1. The largest absolute Gasteiger partial charge is 0.506 e. The zero-order valence-corrected chi connectivity index (χ0v) is 12.7. The van der Waals surface area contributed by atoms with E-state index in [0.717, 1.165) is 11.8 Å². The van der Waals surface area contributed by atoms with E-state index in [4.69, 9.17) is 0 Å². The van der Waals surface area contributed by atoms with Gasteiger partial charge in [-0.2, -0.15) is 13.2 Å². The van der Waals surface area contributed by atoms with Crippen LogP contribution in [-0.2, 0) is 4.79 Å². The van der Waals surface area contributed by atoms with Crippen LogP contribution in [0.1, 0.15) is 11.1 Å². The van der Waals surface area contributed by atoms with E-state index in [1.165, 1.54) is 12.1 Å². The molecule has 0 saturated heterocycles. The molecule has 2 rings (SSSR count). The Balaban J connectivity index is 2.50. The molecule has 0 saturated carbocycles. The van der Waals surface area contributed by atoms with Crippen molar-refractivity contribution >= 4 is 23.4 Å². The van der Waals surface area contributed by atoms with Crippen LogP contribution >= 0.6 is 0 Å². The Morgan fingerprint density at radius 1 is 1.08 bits per heavy atom. The molecule has 0 heterocycles. The van der Waals surface area contributed by atoms with Crippen molar-refractivity contribution in [2.24, 2.45) is 4.99 Å².